The van der Waals surface area contributed by atoms with Gasteiger partial charge in [-0.1, -0.05) is 45.8 Å². The van der Waals surface area contributed by atoms with Gasteiger partial charge in [-0.15, -0.1) is 0 Å². The third-order valence-electron chi connectivity index (χ3n) is 4.96. The largest absolute Gasteiger partial charge is 0.459 e. The monoisotopic (exact) mass is 545 g/mol. The van der Waals surface area contributed by atoms with E-state index in [4.69, 9.17) is 9.15 Å². The molecule has 0 unspecified atom stereocenters. The number of nitrogens with one attached hydrogen (secondary N) is 2. The maximum atomic E-state index is 12.8. The third kappa shape index (κ3) is 6.13. The number of halogens is 1. The molecule has 0 aliphatic carbocycles. The Labute approximate surface area is 215 Å². The highest BCUT2D eigenvalue weighted by Gasteiger charge is 2.16. The van der Waals surface area contributed by atoms with E-state index in [2.05, 4.69) is 31.8 Å². The fourth-order valence-electron chi connectivity index (χ4n) is 3.25. The molecule has 0 bridgehead atoms. The molecule has 1 aromatic heterocycles. The van der Waals surface area contributed by atoms with Gasteiger partial charge < -0.3 is 14.5 Å². The number of esters is 1. The first-order valence-electron chi connectivity index (χ1n) is 10.8. The Morgan fingerprint density at radius 2 is 1.78 bits per heavy atom. The van der Waals surface area contributed by atoms with Gasteiger partial charge in [0, 0.05) is 10.0 Å². The van der Waals surface area contributed by atoms with Gasteiger partial charge >= 0.3 is 5.97 Å². The van der Waals surface area contributed by atoms with Gasteiger partial charge in [0.05, 0.1) is 29.3 Å². The summed E-state index contributed by atoms with van der Waals surface area (Å²) in [5.41, 5.74) is 4.75. The lowest BCUT2D eigenvalue weighted by molar-refractivity contribution is 0.0733. The highest BCUT2D eigenvalue weighted by molar-refractivity contribution is 9.10. The van der Waals surface area contributed by atoms with Crippen LogP contribution in [0.4, 0.5) is 5.69 Å². The lowest BCUT2D eigenvalue weighted by atomic mass is 10.1. The van der Waals surface area contributed by atoms with E-state index in [1.54, 1.807) is 66.7 Å². The number of carbonyl (C=O) groups excluding carboxylic acids is 3. The van der Waals surface area contributed by atoms with Crippen LogP contribution in [0.15, 0.2) is 99.1 Å². The Bertz CT molecular complexity index is 1450. The number of hydrogen-bond donors (Lipinski definition) is 2. The standard InChI is InChI=1S/C27H20BrN3O5/c1-17-6-4-7-18(14-17)27(34)36-23-12-11-20(28)15-19(23)16-29-31-25(32)21-8-2-3-9-22(21)30-26(33)24-10-5-13-35-24/h2-16H,1H3,(H,30,33)(H,31,32)/b29-16-. The molecular weight excluding hydrogens is 526 g/mol. The number of amides is 2. The molecule has 0 spiro atoms. The second kappa shape index (κ2) is 11.3. The van der Waals surface area contributed by atoms with E-state index in [1.165, 1.54) is 18.5 Å². The first-order chi connectivity index (χ1) is 17.4. The van der Waals surface area contributed by atoms with Crippen molar-refractivity contribution in [3.63, 3.8) is 0 Å². The summed E-state index contributed by atoms with van der Waals surface area (Å²) in [6, 6.07) is 21.7. The van der Waals surface area contributed by atoms with Crippen LogP contribution in [0.3, 0.4) is 0 Å². The summed E-state index contributed by atoms with van der Waals surface area (Å²) >= 11 is 3.39. The Kier molecular flexibility index (Phi) is 7.72. The van der Waals surface area contributed by atoms with E-state index < -0.39 is 17.8 Å². The van der Waals surface area contributed by atoms with Crippen LogP contribution in [0.1, 0.15) is 42.4 Å². The number of furan rings is 1. The predicted octanol–water partition coefficient (Wildman–Crippen LogP) is 5.59. The average molecular weight is 546 g/mol. The third-order valence-corrected chi connectivity index (χ3v) is 5.46. The predicted molar refractivity (Wildman–Crippen MR) is 138 cm³/mol. The first-order valence-corrected chi connectivity index (χ1v) is 11.6. The van der Waals surface area contributed by atoms with E-state index in [0.717, 1.165) is 10.0 Å². The van der Waals surface area contributed by atoms with E-state index in [1.807, 2.05) is 13.0 Å². The van der Waals surface area contributed by atoms with Crippen LogP contribution in [0.25, 0.3) is 0 Å². The minimum Gasteiger partial charge on any atom is -0.459 e. The molecule has 3 aromatic carbocycles. The van der Waals surface area contributed by atoms with Gasteiger partial charge in [-0.2, -0.15) is 5.10 Å². The number of rotatable bonds is 7. The van der Waals surface area contributed by atoms with Gasteiger partial charge in [-0.25, -0.2) is 10.2 Å². The SMILES string of the molecule is Cc1cccc(C(=O)Oc2ccc(Br)cc2/C=N\NC(=O)c2ccccc2NC(=O)c2ccco2)c1. The molecule has 0 saturated carbocycles. The van der Waals surface area contributed by atoms with E-state index in [9.17, 15) is 14.4 Å². The first kappa shape index (κ1) is 24.6. The second-order valence-electron chi connectivity index (χ2n) is 7.62. The lowest BCUT2D eigenvalue weighted by Gasteiger charge is -2.10. The number of hydrogen-bond acceptors (Lipinski definition) is 6. The van der Waals surface area contributed by atoms with Crippen molar-refractivity contribution in [1.82, 2.24) is 5.43 Å². The molecule has 0 aliphatic rings. The van der Waals surface area contributed by atoms with E-state index in [0.29, 0.717) is 16.8 Å². The fraction of sp³-hybridized carbons (Fsp3) is 0.0370. The Morgan fingerprint density at radius 1 is 0.944 bits per heavy atom. The van der Waals surface area contributed by atoms with Gasteiger partial charge in [-0.3, -0.25) is 9.59 Å². The lowest BCUT2D eigenvalue weighted by Crippen LogP contribution is -2.21. The van der Waals surface area contributed by atoms with Crippen molar-refractivity contribution >= 4 is 45.6 Å². The Balaban J connectivity index is 1.48. The van der Waals surface area contributed by atoms with E-state index in [-0.39, 0.29) is 17.1 Å². The zero-order valence-electron chi connectivity index (χ0n) is 19.0. The number of para-hydroxylation sites is 1. The molecule has 0 saturated heterocycles. The number of aryl methyl sites for hydroxylation is 1. The number of anilines is 1. The molecular formula is C27H20BrN3O5. The minimum absolute atomic E-state index is 0.116. The Morgan fingerprint density at radius 3 is 2.56 bits per heavy atom. The maximum Gasteiger partial charge on any atom is 0.343 e. The molecule has 4 aromatic rings. The van der Waals surface area contributed by atoms with Gasteiger partial charge in [0.1, 0.15) is 5.75 Å². The van der Waals surface area contributed by atoms with Crippen molar-refractivity contribution in [2.45, 2.75) is 6.92 Å². The quantitative estimate of drug-likeness (QED) is 0.136. The fourth-order valence-corrected chi connectivity index (χ4v) is 3.63. The number of carbonyl (C=O) groups is 3. The zero-order valence-corrected chi connectivity index (χ0v) is 20.6. The smallest absolute Gasteiger partial charge is 0.343 e. The highest BCUT2D eigenvalue weighted by atomic mass is 79.9. The molecule has 0 atom stereocenters. The van der Waals surface area contributed by atoms with Crippen LogP contribution in [0.2, 0.25) is 0 Å². The van der Waals surface area contributed by atoms with Crippen molar-refractivity contribution in [2.75, 3.05) is 5.32 Å². The normalized spacial score (nSPS) is 10.7. The second-order valence-corrected chi connectivity index (χ2v) is 8.53. The molecule has 36 heavy (non-hydrogen) atoms. The van der Waals surface area contributed by atoms with Crippen molar-refractivity contribution in [3.05, 3.63) is 118 Å². The molecule has 1 heterocycles. The van der Waals surface area contributed by atoms with Crippen molar-refractivity contribution < 1.29 is 23.5 Å². The maximum absolute atomic E-state index is 12.8. The van der Waals surface area contributed by atoms with Gasteiger partial charge in [0.2, 0.25) is 0 Å². The molecule has 180 valence electrons. The Hall–Kier alpha value is -4.50. The summed E-state index contributed by atoms with van der Waals surface area (Å²) in [6.45, 7) is 1.89. The summed E-state index contributed by atoms with van der Waals surface area (Å²) in [7, 11) is 0. The minimum atomic E-state index is -0.546. The summed E-state index contributed by atoms with van der Waals surface area (Å²) in [6.07, 6.45) is 2.75. The summed E-state index contributed by atoms with van der Waals surface area (Å²) in [5, 5.41) is 6.67. The van der Waals surface area contributed by atoms with Crippen molar-refractivity contribution in [2.24, 2.45) is 5.10 Å². The number of nitrogens with zero attached hydrogens (tertiary/aromatic N) is 1. The van der Waals surface area contributed by atoms with Crippen LogP contribution in [-0.4, -0.2) is 24.0 Å². The summed E-state index contributed by atoms with van der Waals surface area (Å²) in [5.74, 6) is -1.16. The molecule has 8 nitrogen and oxygen atoms in total. The molecule has 2 amide bonds. The van der Waals surface area contributed by atoms with E-state index >= 15 is 0 Å². The number of hydrazone groups is 1. The summed E-state index contributed by atoms with van der Waals surface area (Å²) < 4.78 is 11.4. The van der Waals surface area contributed by atoms with Gasteiger partial charge in [-0.05, 0) is 61.5 Å². The zero-order chi connectivity index (χ0) is 25.5. The molecule has 4 rings (SSSR count). The molecule has 9 heteroatoms. The molecule has 0 aliphatic heterocycles. The molecule has 2 N–H and O–H groups in total. The van der Waals surface area contributed by atoms with Gasteiger partial charge in [0.25, 0.3) is 11.8 Å². The number of ether oxygens (including phenoxy) is 1. The van der Waals surface area contributed by atoms with Crippen LogP contribution in [0.5, 0.6) is 5.75 Å². The average Bonchev–Trinajstić information content (AvgIpc) is 3.41. The summed E-state index contributed by atoms with van der Waals surface area (Å²) in [4.78, 5) is 37.7. The van der Waals surface area contributed by atoms with Crippen LogP contribution in [-0.2, 0) is 0 Å². The van der Waals surface area contributed by atoms with Crippen molar-refractivity contribution in [3.8, 4) is 5.75 Å². The van der Waals surface area contributed by atoms with Crippen LogP contribution >= 0.6 is 15.9 Å². The van der Waals surface area contributed by atoms with Crippen LogP contribution < -0.4 is 15.5 Å². The molecule has 0 radical (unpaired) electrons. The van der Waals surface area contributed by atoms with Crippen molar-refractivity contribution in [1.29, 1.82) is 0 Å². The number of benzene rings is 3. The van der Waals surface area contributed by atoms with Crippen LogP contribution in [0, 0.1) is 6.92 Å². The van der Waals surface area contributed by atoms with Gasteiger partial charge in [0.15, 0.2) is 5.76 Å². The molecule has 0 fully saturated rings. The topological polar surface area (TPSA) is 110 Å². The highest BCUT2D eigenvalue weighted by Crippen LogP contribution is 2.23.